The molecule has 68 valence electrons. The number of guanidine groups is 1. The zero-order chi connectivity index (χ0) is 9.52. The lowest BCUT2D eigenvalue weighted by Gasteiger charge is -2.17. The second-order valence-corrected chi connectivity index (χ2v) is 7.35. The molecule has 1 heterocycles. The first-order valence-electron chi connectivity index (χ1n) is 2.95. The predicted octanol–water partition coefficient (Wildman–Crippen LogP) is 0.980. The largest absolute Gasteiger partial charge is 0.325 e. The van der Waals surface area contributed by atoms with Crippen LogP contribution < -0.4 is 5.32 Å². The Kier molecular flexibility index (Phi) is 2.38. The van der Waals surface area contributed by atoms with Crippen LogP contribution in [0.25, 0.3) is 0 Å². The third-order valence-corrected chi connectivity index (χ3v) is 3.74. The maximum atomic E-state index is 11.1. The summed E-state index contributed by atoms with van der Waals surface area (Å²) in [7, 11) is 1.42. The average Bonchev–Trinajstić information content (AvgIpc) is 2.05. The summed E-state index contributed by atoms with van der Waals surface area (Å²) in [5.74, 6) is -5.42. The van der Waals surface area contributed by atoms with Crippen LogP contribution in [-0.2, 0) is 9.36 Å². The molecule has 0 bridgehead atoms. The minimum Gasteiger partial charge on any atom is -0.325 e. The van der Waals surface area contributed by atoms with E-state index in [-0.39, 0.29) is 5.96 Å². The lowest BCUT2D eigenvalue weighted by molar-refractivity contribution is -0.119. The molecule has 1 rings (SSSR count). The standard InChI is InChI=1S/C4H6Cl2N3O2P/c1-9-3(12(5,6)11)2(10)8-4(9)7/h3H,1H3,(H2,7,8,10). The Morgan fingerprint density at radius 1 is 1.67 bits per heavy atom. The van der Waals surface area contributed by atoms with Crippen LogP contribution in [-0.4, -0.2) is 29.6 Å². The molecule has 0 radical (unpaired) electrons. The highest BCUT2D eigenvalue weighted by Crippen LogP contribution is 2.62. The number of likely N-dealkylation sites (N-methyl/N-ethyl adjacent to an activating group) is 1. The molecular weight excluding hydrogens is 224 g/mol. The highest BCUT2D eigenvalue weighted by atomic mass is 35.9. The van der Waals surface area contributed by atoms with E-state index in [0.29, 0.717) is 0 Å². The SMILES string of the molecule is CN1C(=N)NC(=O)C1P(=O)(Cl)Cl. The summed E-state index contributed by atoms with van der Waals surface area (Å²) in [5, 5.41) is 9.30. The van der Waals surface area contributed by atoms with Crippen molar-refractivity contribution in [2.24, 2.45) is 0 Å². The van der Waals surface area contributed by atoms with Gasteiger partial charge in [-0.1, -0.05) is 0 Å². The van der Waals surface area contributed by atoms with E-state index < -0.39 is 17.5 Å². The zero-order valence-electron chi connectivity index (χ0n) is 6.04. The monoisotopic (exact) mass is 229 g/mol. The van der Waals surface area contributed by atoms with Crippen LogP contribution in [0.15, 0.2) is 0 Å². The van der Waals surface area contributed by atoms with Gasteiger partial charge >= 0.3 is 0 Å². The predicted molar refractivity (Wildman–Crippen MR) is 46.7 cm³/mol. The number of carbonyl (C=O) groups is 1. The lowest BCUT2D eigenvalue weighted by Crippen LogP contribution is -2.29. The van der Waals surface area contributed by atoms with Crippen molar-refractivity contribution in [2.45, 2.75) is 5.78 Å². The molecule has 1 atom stereocenters. The molecule has 5 nitrogen and oxygen atoms in total. The van der Waals surface area contributed by atoms with E-state index in [2.05, 4.69) is 5.32 Å². The molecule has 0 spiro atoms. The van der Waals surface area contributed by atoms with Crippen molar-refractivity contribution >= 4 is 40.2 Å². The van der Waals surface area contributed by atoms with Crippen molar-refractivity contribution in [3.05, 3.63) is 0 Å². The molecule has 0 aromatic carbocycles. The fraction of sp³-hybridized carbons (Fsp3) is 0.500. The fourth-order valence-electron chi connectivity index (χ4n) is 0.906. The van der Waals surface area contributed by atoms with Crippen molar-refractivity contribution < 1.29 is 9.36 Å². The van der Waals surface area contributed by atoms with Gasteiger partial charge in [-0.25, -0.2) is 0 Å². The smallest absolute Gasteiger partial charge is 0.284 e. The normalized spacial score (nSPS) is 24.6. The highest BCUT2D eigenvalue weighted by Gasteiger charge is 2.45. The van der Waals surface area contributed by atoms with E-state index in [9.17, 15) is 9.36 Å². The Hall–Kier alpha value is -0.250. The summed E-state index contributed by atoms with van der Waals surface area (Å²) in [5.41, 5.74) is 0. The number of nitrogens with one attached hydrogen (secondary N) is 2. The van der Waals surface area contributed by atoms with E-state index in [1.807, 2.05) is 0 Å². The van der Waals surface area contributed by atoms with Crippen LogP contribution in [0.3, 0.4) is 0 Å². The summed E-state index contributed by atoms with van der Waals surface area (Å²) in [6.07, 6.45) is 0. The van der Waals surface area contributed by atoms with Gasteiger partial charge in [-0.2, -0.15) is 0 Å². The Labute approximate surface area is 78.5 Å². The summed E-state index contributed by atoms with van der Waals surface area (Å²) in [6, 6.07) is 0. The Morgan fingerprint density at radius 2 is 2.17 bits per heavy atom. The van der Waals surface area contributed by atoms with Gasteiger partial charge in [-0.05, 0) is 22.5 Å². The number of hydrogen-bond acceptors (Lipinski definition) is 3. The van der Waals surface area contributed by atoms with Gasteiger partial charge in [-0.3, -0.25) is 20.1 Å². The van der Waals surface area contributed by atoms with Gasteiger partial charge in [0.05, 0.1) is 0 Å². The van der Waals surface area contributed by atoms with Gasteiger partial charge in [0, 0.05) is 7.05 Å². The number of carbonyl (C=O) groups excluding carboxylic acids is 1. The summed E-state index contributed by atoms with van der Waals surface area (Å²) in [4.78, 5) is 12.1. The maximum absolute atomic E-state index is 11.1. The highest BCUT2D eigenvalue weighted by molar-refractivity contribution is 8.09. The van der Waals surface area contributed by atoms with Crippen LogP contribution >= 0.6 is 28.3 Å². The van der Waals surface area contributed by atoms with Gasteiger partial charge < -0.3 is 4.90 Å². The van der Waals surface area contributed by atoms with Crippen molar-refractivity contribution in [3.63, 3.8) is 0 Å². The van der Waals surface area contributed by atoms with E-state index in [1.54, 1.807) is 0 Å². The second-order valence-electron chi connectivity index (χ2n) is 2.32. The first-order chi connectivity index (χ1) is 5.34. The average molecular weight is 230 g/mol. The third-order valence-electron chi connectivity index (χ3n) is 1.48. The molecule has 12 heavy (non-hydrogen) atoms. The van der Waals surface area contributed by atoms with Gasteiger partial charge in [0.15, 0.2) is 11.7 Å². The molecular formula is C4H6Cl2N3O2P. The molecule has 0 aliphatic carbocycles. The fourth-order valence-corrected chi connectivity index (χ4v) is 3.08. The van der Waals surface area contributed by atoms with E-state index in [1.165, 1.54) is 7.05 Å². The lowest BCUT2D eigenvalue weighted by atomic mass is 10.6. The minimum atomic E-state index is -3.55. The van der Waals surface area contributed by atoms with Crippen LogP contribution in [0.2, 0.25) is 0 Å². The van der Waals surface area contributed by atoms with Crippen LogP contribution in [0.5, 0.6) is 0 Å². The molecule has 0 saturated carbocycles. The van der Waals surface area contributed by atoms with Crippen LogP contribution in [0.1, 0.15) is 0 Å². The van der Waals surface area contributed by atoms with E-state index in [0.717, 1.165) is 4.90 Å². The first kappa shape index (κ1) is 9.84. The minimum absolute atomic E-state index is 0.147. The summed E-state index contributed by atoms with van der Waals surface area (Å²) >= 11 is 10.6. The van der Waals surface area contributed by atoms with Crippen LogP contribution in [0, 0.1) is 5.41 Å². The Bertz CT molecular complexity index is 288. The quantitative estimate of drug-likeness (QED) is 0.659. The molecule has 0 aromatic rings. The number of halogens is 2. The Morgan fingerprint density at radius 3 is 2.33 bits per heavy atom. The number of amides is 1. The number of rotatable bonds is 1. The molecule has 0 aromatic heterocycles. The van der Waals surface area contributed by atoms with Crippen molar-refractivity contribution in [2.75, 3.05) is 7.05 Å². The second kappa shape index (κ2) is 2.91. The van der Waals surface area contributed by atoms with E-state index in [4.69, 9.17) is 27.9 Å². The molecule has 2 N–H and O–H groups in total. The molecule has 1 fully saturated rings. The zero-order valence-corrected chi connectivity index (χ0v) is 8.45. The van der Waals surface area contributed by atoms with Gasteiger partial charge in [0.2, 0.25) is 0 Å². The molecule has 1 unspecified atom stereocenters. The van der Waals surface area contributed by atoms with Crippen LogP contribution in [0.4, 0.5) is 0 Å². The molecule has 1 saturated heterocycles. The molecule has 1 aliphatic rings. The summed E-state index contributed by atoms with van der Waals surface area (Å²) in [6.45, 7) is 0. The third kappa shape index (κ3) is 1.58. The number of hydrogen-bond donors (Lipinski definition) is 2. The topological polar surface area (TPSA) is 73.3 Å². The molecule has 1 amide bonds. The maximum Gasteiger partial charge on any atom is 0.284 e. The van der Waals surface area contributed by atoms with Gasteiger partial charge in [-0.15, -0.1) is 0 Å². The van der Waals surface area contributed by atoms with Gasteiger partial charge in [0.1, 0.15) is 0 Å². The number of nitrogens with zero attached hydrogens (tertiary/aromatic N) is 1. The first-order valence-corrected chi connectivity index (χ1v) is 6.54. The van der Waals surface area contributed by atoms with Crippen molar-refractivity contribution in [1.29, 1.82) is 5.41 Å². The summed E-state index contributed by atoms with van der Waals surface area (Å²) < 4.78 is 11.1. The Balaban J connectivity index is 2.99. The van der Waals surface area contributed by atoms with Gasteiger partial charge in [0.25, 0.3) is 11.8 Å². The van der Waals surface area contributed by atoms with Crippen molar-refractivity contribution in [3.8, 4) is 0 Å². The molecule has 1 aliphatic heterocycles. The van der Waals surface area contributed by atoms with E-state index >= 15 is 0 Å². The molecule has 8 heteroatoms. The van der Waals surface area contributed by atoms with Crippen molar-refractivity contribution in [1.82, 2.24) is 10.2 Å².